The van der Waals surface area contributed by atoms with Gasteiger partial charge in [0.15, 0.2) is 0 Å². The first-order valence-corrected chi connectivity index (χ1v) is 4.88. The van der Waals surface area contributed by atoms with Crippen LogP contribution < -0.4 is 10.5 Å². The van der Waals surface area contributed by atoms with E-state index in [0.717, 1.165) is 13.2 Å². The average Bonchev–Trinajstić information content (AvgIpc) is 2.35. The lowest BCUT2D eigenvalue weighted by Crippen LogP contribution is -2.48. The van der Waals surface area contributed by atoms with Gasteiger partial charge in [-0.05, 0) is 18.2 Å². The third kappa shape index (κ3) is 2.25. The smallest absolute Gasteiger partial charge is 0.422 e. The predicted octanol–water partition coefficient (Wildman–Crippen LogP) is 1.28. The van der Waals surface area contributed by atoms with Crippen LogP contribution in [-0.2, 0) is 5.60 Å². The molecule has 1 aromatic rings. The van der Waals surface area contributed by atoms with Crippen molar-refractivity contribution in [3.05, 3.63) is 29.3 Å². The molecule has 0 aliphatic rings. The normalized spacial score (nSPS) is 14.7. The van der Waals surface area contributed by atoms with Crippen molar-refractivity contribution in [3.8, 4) is 11.8 Å². The summed E-state index contributed by atoms with van der Waals surface area (Å²) < 4.78 is 43.4. The SMILES string of the molecule is COc1ccc(C#N)cc1C(O)(CN)C(F)(F)F. The van der Waals surface area contributed by atoms with E-state index in [1.807, 2.05) is 0 Å². The fourth-order valence-electron chi connectivity index (χ4n) is 1.48. The maximum absolute atomic E-state index is 12.9. The van der Waals surface area contributed by atoms with Gasteiger partial charge < -0.3 is 15.6 Å². The molecule has 98 valence electrons. The van der Waals surface area contributed by atoms with E-state index in [1.54, 1.807) is 6.07 Å². The zero-order valence-corrected chi connectivity index (χ0v) is 9.45. The van der Waals surface area contributed by atoms with Crippen molar-refractivity contribution in [2.24, 2.45) is 5.73 Å². The van der Waals surface area contributed by atoms with E-state index in [0.29, 0.717) is 0 Å². The Morgan fingerprint density at radius 3 is 2.44 bits per heavy atom. The Morgan fingerprint density at radius 1 is 1.44 bits per heavy atom. The van der Waals surface area contributed by atoms with Crippen molar-refractivity contribution in [2.45, 2.75) is 11.8 Å². The molecule has 4 nitrogen and oxygen atoms in total. The third-order valence-corrected chi connectivity index (χ3v) is 2.54. The molecule has 0 aromatic heterocycles. The maximum atomic E-state index is 12.9. The van der Waals surface area contributed by atoms with Crippen LogP contribution in [0.4, 0.5) is 13.2 Å². The van der Waals surface area contributed by atoms with Gasteiger partial charge in [0.1, 0.15) is 5.75 Å². The zero-order chi connectivity index (χ0) is 14.0. The summed E-state index contributed by atoms with van der Waals surface area (Å²) in [6.45, 7) is -1.07. The quantitative estimate of drug-likeness (QED) is 0.857. The topological polar surface area (TPSA) is 79.3 Å². The Balaban J connectivity index is 3.50. The first-order chi connectivity index (χ1) is 8.30. The molecule has 1 aromatic carbocycles. The number of nitrogens with zero attached hydrogens (tertiary/aromatic N) is 1. The van der Waals surface area contributed by atoms with E-state index in [-0.39, 0.29) is 11.3 Å². The molecule has 1 rings (SSSR count). The fourth-order valence-corrected chi connectivity index (χ4v) is 1.48. The summed E-state index contributed by atoms with van der Waals surface area (Å²) >= 11 is 0. The first kappa shape index (κ1) is 14.3. The number of hydrogen-bond acceptors (Lipinski definition) is 4. The number of hydrogen-bond donors (Lipinski definition) is 2. The van der Waals surface area contributed by atoms with Crippen LogP contribution in [0.2, 0.25) is 0 Å². The minimum Gasteiger partial charge on any atom is -0.496 e. The minimum absolute atomic E-state index is 0.0260. The molecule has 0 aliphatic carbocycles. The van der Waals surface area contributed by atoms with Gasteiger partial charge in [-0.15, -0.1) is 0 Å². The molecule has 0 radical (unpaired) electrons. The first-order valence-electron chi connectivity index (χ1n) is 4.88. The van der Waals surface area contributed by atoms with Crippen molar-refractivity contribution in [2.75, 3.05) is 13.7 Å². The van der Waals surface area contributed by atoms with Crippen molar-refractivity contribution in [3.63, 3.8) is 0 Å². The van der Waals surface area contributed by atoms with Gasteiger partial charge in [-0.2, -0.15) is 18.4 Å². The summed E-state index contributed by atoms with van der Waals surface area (Å²) in [5.74, 6) is -0.181. The van der Waals surface area contributed by atoms with Gasteiger partial charge in [0.2, 0.25) is 5.60 Å². The van der Waals surface area contributed by atoms with E-state index in [1.165, 1.54) is 12.1 Å². The molecule has 1 unspecified atom stereocenters. The maximum Gasteiger partial charge on any atom is 0.422 e. The number of methoxy groups -OCH3 is 1. The Bertz CT molecular complexity index is 482. The van der Waals surface area contributed by atoms with E-state index in [2.05, 4.69) is 0 Å². The highest BCUT2D eigenvalue weighted by atomic mass is 19.4. The van der Waals surface area contributed by atoms with E-state index in [4.69, 9.17) is 15.7 Å². The summed E-state index contributed by atoms with van der Waals surface area (Å²) in [5.41, 5.74) is 1.19. The third-order valence-electron chi connectivity index (χ3n) is 2.54. The van der Waals surface area contributed by atoms with Gasteiger partial charge in [-0.25, -0.2) is 0 Å². The van der Waals surface area contributed by atoms with Gasteiger partial charge in [-0.3, -0.25) is 0 Å². The highest BCUT2D eigenvalue weighted by molar-refractivity contribution is 5.46. The Hall–Kier alpha value is -1.78. The van der Waals surface area contributed by atoms with E-state index in [9.17, 15) is 18.3 Å². The lowest BCUT2D eigenvalue weighted by atomic mass is 9.91. The van der Waals surface area contributed by atoms with Gasteiger partial charge in [-0.1, -0.05) is 0 Å². The Labute approximate surface area is 101 Å². The number of rotatable bonds is 3. The Kier molecular flexibility index (Phi) is 3.84. The molecular formula is C11H11F3N2O2. The molecule has 0 spiro atoms. The second-order valence-corrected chi connectivity index (χ2v) is 3.59. The highest BCUT2D eigenvalue weighted by Crippen LogP contribution is 2.42. The zero-order valence-electron chi connectivity index (χ0n) is 9.45. The van der Waals surface area contributed by atoms with Crippen molar-refractivity contribution in [1.29, 1.82) is 5.26 Å². The molecule has 18 heavy (non-hydrogen) atoms. The van der Waals surface area contributed by atoms with Gasteiger partial charge in [0, 0.05) is 12.1 Å². The molecule has 0 saturated carbocycles. The standard InChI is InChI=1S/C11H11F3N2O2/c1-18-9-3-2-7(5-15)4-8(9)10(17,6-16)11(12,13)14/h2-4,17H,6,16H2,1H3. The van der Waals surface area contributed by atoms with Crippen LogP contribution in [-0.4, -0.2) is 24.9 Å². The highest BCUT2D eigenvalue weighted by Gasteiger charge is 2.55. The summed E-state index contributed by atoms with van der Waals surface area (Å²) in [4.78, 5) is 0. The molecule has 0 bridgehead atoms. The second kappa shape index (κ2) is 4.84. The average molecular weight is 260 g/mol. The monoisotopic (exact) mass is 260 g/mol. The Morgan fingerprint density at radius 2 is 2.06 bits per heavy atom. The summed E-state index contributed by atoms with van der Waals surface area (Å²) in [6, 6.07) is 5.08. The molecule has 0 aliphatic heterocycles. The number of nitrogens with two attached hydrogens (primary N) is 1. The van der Waals surface area contributed by atoms with Gasteiger partial charge in [0.05, 0.1) is 18.7 Å². The fraction of sp³-hybridized carbons (Fsp3) is 0.364. The molecule has 0 saturated heterocycles. The van der Waals surface area contributed by atoms with Crippen molar-refractivity contribution in [1.82, 2.24) is 0 Å². The molecular weight excluding hydrogens is 249 g/mol. The van der Waals surface area contributed by atoms with Crippen LogP contribution in [0.1, 0.15) is 11.1 Å². The largest absolute Gasteiger partial charge is 0.496 e. The lowest BCUT2D eigenvalue weighted by molar-refractivity contribution is -0.262. The van der Waals surface area contributed by atoms with Crippen LogP contribution in [0.25, 0.3) is 0 Å². The minimum atomic E-state index is -4.97. The number of halogens is 3. The van der Waals surface area contributed by atoms with Crippen LogP contribution in [0.15, 0.2) is 18.2 Å². The molecule has 3 N–H and O–H groups in total. The molecule has 0 fully saturated rings. The van der Waals surface area contributed by atoms with E-state index >= 15 is 0 Å². The van der Waals surface area contributed by atoms with Crippen molar-refractivity contribution >= 4 is 0 Å². The molecule has 7 heteroatoms. The summed E-state index contributed by atoms with van der Waals surface area (Å²) in [6.07, 6.45) is -4.97. The van der Waals surface area contributed by atoms with Crippen molar-refractivity contribution < 1.29 is 23.0 Å². The number of nitriles is 1. The van der Waals surface area contributed by atoms with Gasteiger partial charge in [0.25, 0.3) is 0 Å². The lowest BCUT2D eigenvalue weighted by Gasteiger charge is -2.30. The number of aliphatic hydroxyl groups is 1. The van der Waals surface area contributed by atoms with E-state index < -0.39 is 23.9 Å². The summed E-state index contributed by atoms with van der Waals surface area (Å²) in [5, 5.41) is 18.4. The van der Waals surface area contributed by atoms with Crippen LogP contribution in [0.5, 0.6) is 5.75 Å². The van der Waals surface area contributed by atoms with Crippen LogP contribution in [0.3, 0.4) is 0 Å². The molecule has 0 heterocycles. The molecule has 1 atom stereocenters. The van der Waals surface area contributed by atoms with Crippen LogP contribution in [0, 0.1) is 11.3 Å². The van der Waals surface area contributed by atoms with Gasteiger partial charge >= 0.3 is 6.18 Å². The summed E-state index contributed by atoms with van der Waals surface area (Å²) in [7, 11) is 1.16. The number of alkyl halides is 3. The second-order valence-electron chi connectivity index (χ2n) is 3.59. The number of ether oxygens (including phenoxy) is 1. The predicted molar refractivity (Wildman–Crippen MR) is 56.7 cm³/mol. The van der Waals surface area contributed by atoms with Crippen LogP contribution >= 0.6 is 0 Å². The molecule has 0 amide bonds. The number of benzene rings is 1.